The van der Waals surface area contributed by atoms with E-state index in [4.69, 9.17) is 0 Å². The quantitative estimate of drug-likeness (QED) is 0.376. The Morgan fingerprint density at radius 3 is 2.57 bits per heavy atom. The Morgan fingerprint density at radius 1 is 1.04 bits per heavy atom. The number of unbranched alkanes of at least 4 members (excludes halogenated alkanes) is 1. The predicted octanol–water partition coefficient (Wildman–Crippen LogP) is 7.78. The van der Waals surface area contributed by atoms with Crippen molar-refractivity contribution in [2.45, 2.75) is 118 Å². The van der Waals surface area contributed by atoms with Gasteiger partial charge in [0.15, 0.2) is 0 Å². The molecule has 28 heavy (non-hydrogen) atoms. The van der Waals surface area contributed by atoms with E-state index in [9.17, 15) is 5.11 Å². The van der Waals surface area contributed by atoms with E-state index in [1.807, 2.05) is 0 Å². The molecule has 0 aromatic heterocycles. The maximum absolute atomic E-state index is 10.2. The summed E-state index contributed by atoms with van der Waals surface area (Å²) in [7, 11) is 0. The lowest BCUT2D eigenvalue weighted by molar-refractivity contribution is -0.0508. The van der Waals surface area contributed by atoms with Crippen molar-refractivity contribution in [3.8, 4) is 0 Å². The smallest absolute Gasteiger partial charge is 0.0577 e. The molecular weight excluding hydrogens is 340 g/mol. The molecule has 0 spiro atoms. The van der Waals surface area contributed by atoms with E-state index in [0.717, 1.165) is 42.4 Å². The number of aliphatic hydroxyl groups excluding tert-OH is 1. The van der Waals surface area contributed by atoms with E-state index in [0.29, 0.717) is 10.8 Å². The number of hydrogen-bond acceptors (Lipinski definition) is 1. The molecule has 7 atom stereocenters. The second kappa shape index (κ2) is 8.44. The van der Waals surface area contributed by atoms with Crippen LogP contribution in [-0.2, 0) is 0 Å². The molecule has 0 heterocycles. The van der Waals surface area contributed by atoms with Crippen molar-refractivity contribution in [2.75, 3.05) is 0 Å². The van der Waals surface area contributed by atoms with Gasteiger partial charge in [-0.2, -0.15) is 0 Å². The molecule has 4 aliphatic rings. The Hall–Kier alpha value is -0.300. The summed E-state index contributed by atoms with van der Waals surface area (Å²) in [5.74, 6) is 4.64. The zero-order valence-electron chi connectivity index (χ0n) is 18.5. The topological polar surface area (TPSA) is 20.2 Å². The van der Waals surface area contributed by atoms with Gasteiger partial charge < -0.3 is 5.11 Å². The molecule has 1 heteroatoms. The molecule has 1 N–H and O–H groups in total. The lowest BCUT2D eigenvalue weighted by Gasteiger charge is -2.58. The van der Waals surface area contributed by atoms with Gasteiger partial charge in [0.05, 0.1) is 6.10 Å². The highest BCUT2D eigenvalue weighted by Gasteiger charge is 2.58. The fourth-order valence-corrected chi connectivity index (χ4v) is 8.17. The van der Waals surface area contributed by atoms with E-state index in [-0.39, 0.29) is 13.5 Å². The van der Waals surface area contributed by atoms with Gasteiger partial charge in [0.25, 0.3) is 0 Å². The Bertz CT molecular complexity index is 563. The Morgan fingerprint density at radius 2 is 1.82 bits per heavy atom. The van der Waals surface area contributed by atoms with Crippen molar-refractivity contribution in [3.63, 3.8) is 0 Å². The van der Waals surface area contributed by atoms with Crippen LogP contribution < -0.4 is 0 Å². The number of allylic oxidation sites excluding steroid dienone is 1. The molecule has 4 rings (SSSR count). The summed E-state index contributed by atoms with van der Waals surface area (Å²) in [5.41, 5.74) is 2.64. The molecule has 0 amide bonds. The van der Waals surface area contributed by atoms with Gasteiger partial charge in [0, 0.05) is 0 Å². The molecule has 7 unspecified atom stereocenters. The summed E-state index contributed by atoms with van der Waals surface area (Å²) in [6.07, 6.45) is 18.7. The normalized spacial score (nSPS) is 44.9. The van der Waals surface area contributed by atoms with Gasteiger partial charge in [-0.1, -0.05) is 66.0 Å². The van der Waals surface area contributed by atoms with Crippen LogP contribution >= 0.6 is 0 Å². The number of aliphatic hydroxyl groups is 1. The van der Waals surface area contributed by atoms with Crippen LogP contribution in [0.4, 0.5) is 0 Å². The standard InChI is InChI=1S/C26H44O.CH4/c1-18(2)7-5-6-8-19-10-12-23-22-11-9-20-17-21(27)13-15-26(20,4)24(22)14-16-25(19,23)3;/h9,18-19,21-24,27H,5-8,10-17H2,1-4H3;1H4. The van der Waals surface area contributed by atoms with Crippen LogP contribution in [0.15, 0.2) is 11.6 Å². The van der Waals surface area contributed by atoms with Crippen LogP contribution in [0.5, 0.6) is 0 Å². The van der Waals surface area contributed by atoms with E-state index < -0.39 is 0 Å². The first-order valence-electron chi connectivity index (χ1n) is 12.2. The van der Waals surface area contributed by atoms with Crippen molar-refractivity contribution in [1.82, 2.24) is 0 Å². The van der Waals surface area contributed by atoms with Crippen LogP contribution in [0.1, 0.15) is 112 Å². The summed E-state index contributed by atoms with van der Waals surface area (Å²) in [5, 5.41) is 10.2. The molecule has 3 saturated carbocycles. The van der Waals surface area contributed by atoms with Crippen LogP contribution in [0.2, 0.25) is 0 Å². The Kier molecular flexibility index (Phi) is 6.75. The van der Waals surface area contributed by atoms with E-state index >= 15 is 0 Å². The Labute approximate surface area is 175 Å². The van der Waals surface area contributed by atoms with Crippen molar-refractivity contribution in [1.29, 1.82) is 0 Å². The highest BCUT2D eigenvalue weighted by molar-refractivity contribution is 5.25. The molecule has 0 aromatic carbocycles. The molecule has 3 fully saturated rings. The number of hydrogen-bond donors (Lipinski definition) is 1. The summed E-state index contributed by atoms with van der Waals surface area (Å²) in [6, 6.07) is 0. The molecule has 0 bridgehead atoms. The second-order valence-electron chi connectivity index (χ2n) is 11.7. The summed E-state index contributed by atoms with van der Waals surface area (Å²) >= 11 is 0. The van der Waals surface area contributed by atoms with Crippen LogP contribution in [-0.4, -0.2) is 11.2 Å². The molecule has 0 saturated heterocycles. The molecule has 0 radical (unpaired) electrons. The third kappa shape index (κ3) is 3.75. The van der Waals surface area contributed by atoms with Crippen molar-refractivity contribution in [2.24, 2.45) is 40.4 Å². The van der Waals surface area contributed by atoms with Gasteiger partial charge in [-0.05, 0) is 98.2 Å². The van der Waals surface area contributed by atoms with Gasteiger partial charge in [-0.3, -0.25) is 0 Å². The molecule has 162 valence electrons. The number of rotatable bonds is 5. The fourth-order valence-electron chi connectivity index (χ4n) is 8.17. The second-order valence-corrected chi connectivity index (χ2v) is 11.7. The van der Waals surface area contributed by atoms with Gasteiger partial charge in [-0.25, -0.2) is 0 Å². The van der Waals surface area contributed by atoms with E-state index in [1.165, 1.54) is 64.2 Å². The lowest BCUT2D eigenvalue weighted by Crippen LogP contribution is -2.50. The molecule has 1 nitrogen and oxygen atoms in total. The highest BCUT2D eigenvalue weighted by Crippen LogP contribution is 2.66. The monoisotopic (exact) mass is 388 g/mol. The molecule has 0 aromatic rings. The summed E-state index contributed by atoms with van der Waals surface area (Å²) < 4.78 is 0. The van der Waals surface area contributed by atoms with Crippen molar-refractivity contribution in [3.05, 3.63) is 11.6 Å². The fraction of sp³-hybridized carbons (Fsp3) is 0.926. The minimum Gasteiger partial charge on any atom is -0.393 e. The number of fused-ring (bicyclic) bond motifs is 5. The highest BCUT2D eigenvalue weighted by atomic mass is 16.3. The first-order valence-corrected chi connectivity index (χ1v) is 12.2. The lowest BCUT2D eigenvalue weighted by atomic mass is 9.47. The zero-order valence-corrected chi connectivity index (χ0v) is 18.5. The van der Waals surface area contributed by atoms with E-state index in [1.54, 1.807) is 5.57 Å². The zero-order chi connectivity index (χ0) is 19.2. The van der Waals surface area contributed by atoms with Gasteiger partial charge in [0.2, 0.25) is 0 Å². The summed E-state index contributed by atoms with van der Waals surface area (Å²) in [4.78, 5) is 0. The van der Waals surface area contributed by atoms with Crippen molar-refractivity contribution >= 4 is 0 Å². The van der Waals surface area contributed by atoms with E-state index in [2.05, 4.69) is 33.8 Å². The van der Waals surface area contributed by atoms with Crippen molar-refractivity contribution < 1.29 is 5.11 Å². The molecule has 4 aliphatic carbocycles. The minimum atomic E-state index is -0.0727. The predicted molar refractivity (Wildman–Crippen MR) is 121 cm³/mol. The molecule has 0 aliphatic heterocycles. The first kappa shape index (κ1) is 22.4. The first-order chi connectivity index (χ1) is 12.8. The minimum absolute atomic E-state index is 0. The maximum Gasteiger partial charge on any atom is 0.0577 e. The maximum atomic E-state index is 10.2. The van der Waals surface area contributed by atoms with Crippen LogP contribution in [0.25, 0.3) is 0 Å². The summed E-state index contributed by atoms with van der Waals surface area (Å²) in [6.45, 7) is 9.97. The third-order valence-corrected chi connectivity index (χ3v) is 9.86. The largest absolute Gasteiger partial charge is 0.393 e. The average Bonchev–Trinajstić information content (AvgIpc) is 2.96. The SMILES string of the molecule is C.CC(C)CCCCC1CCC2C3CC=C4CC(O)CCC4(C)C3CCC12C. The van der Waals surface area contributed by atoms with Gasteiger partial charge in [-0.15, -0.1) is 0 Å². The van der Waals surface area contributed by atoms with Crippen LogP contribution in [0.3, 0.4) is 0 Å². The molecular formula is C27H48O. The van der Waals surface area contributed by atoms with Gasteiger partial charge >= 0.3 is 0 Å². The van der Waals surface area contributed by atoms with Crippen LogP contribution in [0, 0.1) is 40.4 Å². The third-order valence-electron chi connectivity index (χ3n) is 9.86. The Balaban J connectivity index is 0.00000225. The van der Waals surface area contributed by atoms with Gasteiger partial charge in [0.1, 0.15) is 0 Å². The average molecular weight is 389 g/mol.